The van der Waals surface area contributed by atoms with Crippen molar-refractivity contribution in [1.82, 2.24) is 0 Å². The normalized spacial score (nSPS) is 11.9. The van der Waals surface area contributed by atoms with Crippen molar-refractivity contribution >= 4 is 5.84 Å². The van der Waals surface area contributed by atoms with Crippen LogP contribution in [0.2, 0.25) is 0 Å². The van der Waals surface area contributed by atoms with E-state index in [1.54, 1.807) is 12.1 Å². The minimum absolute atomic E-state index is 0.00830. The summed E-state index contributed by atoms with van der Waals surface area (Å²) in [4.78, 5) is 0. The van der Waals surface area contributed by atoms with Crippen molar-refractivity contribution < 1.29 is 19.4 Å². The summed E-state index contributed by atoms with van der Waals surface area (Å²) in [5, 5.41) is 11.8. The van der Waals surface area contributed by atoms with Crippen molar-refractivity contribution in [3.05, 3.63) is 29.3 Å². The molecule has 1 aromatic carbocycles. The molecule has 0 aliphatic carbocycles. The van der Waals surface area contributed by atoms with Gasteiger partial charge < -0.3 is 25.2 Å². The first-order valence-electron chi connectivity index (χ1n) is 6.88. The molecular formula is C15H24N2O4. The zero-order chi connectivity index (χ0) is 15.7. The Morgan fingerprint density at radius 1 is 1.29 bits per heavy atom. The first kappa shape index (κ1) is 17.3. The molecule has 1 rings (SSSR count). The monoisotopic (exact) mass is 296 g/mol. The molecule has 0 amide bonds. The number of nitrogens with two attached hydrogens (primary N) is 1. The molecule has 0 aliphatic heterocycles. The SMILES string of the molecule is COc1ccc(COCCOCC(C)C)cc1/C(N)=N/O. The fraction of sp³-hybridized carbons (Fsp3) is 0.533. The van der Waals surface area contributed by atoms with Gasteiger partial charge >= 0.3 is 0 Å². The van der Waals surface area contributed by atoms with Gasteiger partial charge in [-0.15, -0.1) is 0 Å². The number of benzene rings is 1. The van der Waals surface area contributed by atoms with Crippen LogP contribution in [-0.2, 0) is 16.1 Å². The fourth-order valence-corrected chi connectivity index (χ4v) is 1.73. The van der Waals surface area contributed by atoms with Gasteiger partial charge in [-0.2, -0.15) is 0 Å². The van der Waals surface area contributed by atoms with E-state index in [1.807, 2.05) is 6.07 Å². The van der Waals surface area contributed by atoms with E-state index in [4.69, 9.17) is 25.2 Å². The van der Waals surface area contributed by atoms with E-state index < -0.39 is 0 Å². The van der Waals surface area contributed by atoms with Crippen LogP contribution in [0.4, 0.5) is 0 Å². The van der Waals surface area contributed by atoms with Gasteiger partial charge in [0.15, 0.2) is 5.84 Å². The molecule has 0 bridgehead atoms. The van der Waals surface area contributed by atoms with Crippen molar-refractivity contribution in [2.45, 2.75) is 20.5 Å². The number of rotatable bonds is 9. The van der Waals surface area contributed by atoms with Crippen LogP contribution in [0.1, 0.15) is 25.0 Å². The number of oxime groups is 1. The van der Waals surface area contributed by atoms with Crippen LogP contribution in [0.3, 0.4) is 0 Å². The van der Waals surface area contributed by atoms with Gasteiger partial charge in [-0.1, -0.05) is 25.1 Å². The van der Waals surface area contributed by atoms with Gasteiger partial charge in [0.25, 0.3) is 0 Å². The Kier molecular flexibility index (Phi) is 7.56. The number of amidine groups is 1. The molecule has 0 heterocycles. The van der Waals surface area contributed by atoms with Crippen molar-refractivity contribution in [3.63, 3.8) is 0 Å². The molecule has 0 aromatic heterocycles. The van der Waals surface area contributed by atoms with Crippen molar-refractivity contribution in [3.8, 4) is 5.75 Å². The summed E-state index contributed by atoms with van der Waals surface area (Å²) in [6.07, 6.45) is 0. The minimum Gasteiger partial charge on any atom is -0.496 e. The molecule has 6 nitrogen and oxygen atoms in total. The summed E-state index contributed by atoms with van der Waals surface area (Å²) in [6.45, 7) is 6.47. The number of hydrogen-bond donors (Lipinski definition) is 2. The van der Waals surface area contributed by atoms with Gasteiger partial charge in [0.1, 0.15) is 5.75 Å². The number of methoxy groups -OCH3 is 1. The maximum Gasteiger partial charge on any atom is 0.173 e. The lowest BCUT2D eigenvalue weighted by Crippen LogP contribution is -2.15. The lowest BCUT2D eigenvalue weighted by atomic mass is 10.1. The second kappa shape index (κ2) is 9.20. The first-order valence-corrected chi connectivity index (χ1v) is 6.88. The quantitative estimate of drug-likeness (QED) is 0.239. The molecule has 0 aliphatic rings. The predicted molar refractivity (Wildman–Crippen MR) is 80.8 cm³/mol. The highest BCUT2D eigenvalue weighted by atomic mass is 16.5. The van der Waals surface area contributed by atoms with Crippen LogP contribution in [0.25, 0.3) is 0 Å². The van der Waals surface area contributed by atoms with E-state index in [9.17, 15) is 0 Å². The van der Waals surface area contributed by atoms with Gasteiger partial charge in [-0.3, -0.25) is 0 Å². The van der Waals surface area contributed by atoms with E-state index >= 15 is 0 Å². The summed E-state index contributed by atoms with van der Waals surface area (Å²) >= 11 is 0. The van der Waals surface area contributed by atoms with E-state index in [0.717, 1.165) is 12.2 Å². The lowest BCUT2D eigenvalue weighted by Gasteiger charge is -2.11. The highest BCUT2D eigenvalue weighted by Gasteiger charge is 2.09. The maximum absolute atomic E-state index is 8.78. The molecule has 3 N–H and O–H groups in total. The highest BCUT2D eigenvalue weighted by Crippen LogP contribution is 2.20. The molecule has 0 unspecified atom stereocenters. The van der Waals surface area contributed by atoms with E-state index in [2.05, 4.69) is 19.0 Å². The molecule has 21 heavy (non-hydrogen) atoms. The largest absolute Gasteiger partial charge is 0.496 e. The van der Waals surface area contributed by atoms with Crippen LogP contribution in [0.15, 0.2) is 23.4 Å². The Morgan fingerprint density at radius 2 is 2.00 bits per heavy atom. The second-order valence-electron chi connectivity index (χ2n) is 5.04. The molecule has 0 radical (unpaired) electrons. The van der Waals surface area contributed by atoms with Crippen LogP contribution in [0, 0.1) is 5.92 Å². The molecule has 0 spiro atoms. The second-order valence-corrected chi connectivity index (χ2v) is 5.04. The van der Waals surface area contributed by atoms with Crippen LogP contribution >= 0.6 is 0 Å². The maximum atomic E-state index is 8.78. The van der Waals surface area contributed by atoms with Gasteiger partial charge in [0.2, 0.25) is 0 Å². The summed E-state index contributed by atoms with van der Waals surface area (Å²) in [5.41, 5.74) is 7.08. The summed E-state index contributed by atoms with van der Waals surface area (Å²) < 4.78 is 16.1. The summed E-state index contributed by atoms with van der Waals surface area (Å²) in [7, 11) is 1.53. The molecule has 0 saturated heterocycles. The van der Waals surface area contributed by atoms with Crippen LogP contribution in [0.5, 0.6) is 5.75 Å². The minimum atomic E-state index is 0.00830. The third kappa shape index (κ3) is 6.01. The van der Waals surface area contributed by atoms with Gasteiger partial charge in [0.05, 0.1) is 32.5 Å². The third-order valence-corrected chi connectivity index (χ3v) is 2.74. The Bertz CT molecular complexity index is 461. The van der Waals surface area contributed by atoms with Gasteiger partial charge in [-0.05, 0) is 23.6 Å². The molecule has 118 valence electrons. The van der Waals surface area contributed by atoms with Gasteiger partial charge in [-0.25, -0.2) is 0 Å². The summed E-state index contributed by atoms with van der Waals surface area (Å²) in [5.74, 6) is 1.08. The fourth-order valence-electron chi connectivity index (χ4n) is 1.73. The number of nitrogens with zero attached hydrogens (tertiary/aromatic N) is 1. The lowest BCUT2D eigenvalue weighted by molar-refractivity contribution is 0.0314. The first-order chi connectivity index (χ1) is 10.1. The standard InChI is InChI=1S/C15H24N2O4/c1-11(2)9-20-6-7-21-10-12-4-5-14(19-3)13(8-12)15(16)17-18/h4-5,8,11,18H,6-7,9-10H2,1-3H3,(H2,16,17). The molecule has 6 heteroatoms. The van der Waals surface area contributed by atoms with E-state index in [1.165, 1.54) is 7.11 Å². The Morgan fingerprint density at radius 3 is 2.62 bits per heavy atom. The Labute approximate surface area is 125 Å². The molecule has 0 atom stereocenters. The van der Waals surface area contributed by atoms with Gasteiger partial charge in [0, 0.05) is 6.61 Å². The Hall–Kier alpha value is -1.79. The van der Waals surface area contributed by atoms with Crippen molar-refractivity contribution in [2.75, 3.05) is 26.9 Å². The molecular weight excluding hydrogens is 272 g/mol. The summed E-state index contributed by atoms with van der Waals surface area (Å²) in [6, 6.07) is 5.42. The molecule has 0 saturated carbocycles. The Balaban J connectivity index is 2.49. The van der Waals surface area contributed by atoms with Crippen LogP contribution in [-0.4, -0.2) is 38.0 Å². The van der Waals surface area contributed by atoms with Crippen LogP contribution < -0.4 is 10.5 Å². The topological polar surface area (TPSA) is 86.3 Å². The predicted octanol–water partition coefficient (Wildman–Crippen LogP) is 1.98. The zero-order valence-electron chi connectivity index (χ0n) is 12.8. The average molecular weight is 296 g/mol. The van der Waals surface area contributed by atoms with Crippen molar-refractivity contribution in [2.24, 2.45) is 16.8 Å². The van der Waals surface area contributed by atoms with Crippen molar-refractivity contribution in [1.29, 1.82) is 0 Å². The molecule has 0 fully saturated rings. The number of hydrogen-bond acceptors (Lipinski definition) is 5. The number of ether oxygens (including phenoxy) is 3. The smallest absolute Gasteiger partial charge is 0.173 e. The van der Waals surface area contributed by atoms with E-state index in [-0.39, 0.29) is 5.84 Å². The zero-order valence-corrected chi connectivity index (χ0v) is 12.8. The highest BCUT2D eigenvalue weighted by molar-refractivity contribution is 5.99. The molecule has 1 aromatic rings. The van der Waals surface area contributed by atoms with E-state index in [0.29, 0.717) is 37.1 Å². The third-order valence-electron chi connectivity index (χ3n) is 2.74. The average Bonchev–Trinajstić information content (AvgIpc) is 2.49.